The van der Waals surface area contributed by atoms with Gasteiger partial charge >= 0.3 is 0 Å². The number of para-hydroxylation sites is 1. The molecule has 0 aliphatic carbocycles. The summed E-state index contributed by atoms with van der Waals surface area (Å²) in [7, 11) is 0. The van der Waals surface area contributed by atoms with E-state index in [1.54, 1.807) is 24.3 Å². The number of halogens is 1. The lowest BCUT2D eigenvalue weighted by Crippen LogP contribution is -1.95. The van der Waals surface area contributed by atoms with Gasteiger partial charge in [0.15, 0.2) is 6.29 Å². The second-order valence-electron chi connectivity index (χ2n) is 3.67. The SMILES string of the molecule is O=Cc1cc(F)ccc1Oc1ccccc1CO. The molecule has 3 nitrogen and oxygen atoms in total. The van der Waals surface area contributed by atoms with E-state index in [-0.39, 0.29) is 17.9 Å². The quantitative estimate of drug-likeness (QED) is 0.844. The maximum atomic E-state index is 13.0. The molecule has 0 heterocycles. The third-order valence-electron chi connectivity index (χ3n) is 2.46. The summed E-state index contributed by atoms with van der Waals surface area (Å²) in [6, 6.07) is 10.6. The first-order valence-electron chi connectivity index (χ1n) is 5.36. The van der Waals surface area contributed by atoms with Crippen LogP contribution in [0.1, 0.15) is 15.9 Å². The number of aliphatic hydroxyl groups excluding tert-OH is 1. The smallest absolute Gasteiger partial charge is 0.153 e. The zero-order valence-electron chi connectivity index (χ0n) is 9.47. The van der Waals surface area contributed by atoms with Gasteiger partial charge in [0.05, 0.1) is 12.2 Å². The molecular formula is C14H11FO3. The van der Waals surface area contributed by atoms with Crippen molar-refractivity contribution in [1.82, 2.24) is 0 Å². The van der Waals surface area contributed by atoms with E-state index in [1.165, 1.54) is 12.1 Å². The molecule has 0 aromatic heterocycles. The number of hydrogen-bond donors (Lipinski definition) is 1. The number of hydrogen-bond acceptors (Lipinski definition) is 3. The molecule has 0 spiro atoms. The van der Waals surface area contributed by atoms with E-state index >= 15 is 0 Å². The number of benzene rings is 2. The maximum absolute atomic E-state index is 13.0. The molecule has 0 unspecified atom stereocenters. The molecule has 4 heteroatoms. The van der Waals surface area contributed by atoms with Gasteiger partial charge in [0, 0.05) is 5.56 Å². The summed E-state index contributed by atoms with van der Waals surface area (Å²) in [6.45, 7) is -0.173. The van der Waals surface area contributed by atoms with E-state index in [0.717, 1.165) is 6.07 Å². The highest BCUT2D eigenvalue weighted by molar-refractivity contribution is 5.79. The lowest BCUT2D eigenvalue weighted by atomic mass is 10.2. The van der Waals surface area contributed by atoms with Crippen molar-refractivity contribution < 1.29 is 19.0 Å². The van der Waals surface area contributed by atoms with Gasteiger partial charge in [-0.1, -0.05) is 18.2 Å². The molecule has 0 amide bonds. The Morgan fingerprint density at radius 3 is 2.67 bits per heavy atom. The van der Waals surface area contributed by atoms with Crippen LogP contribution in [-0.2, 0) is 6.61 Å². The molecule has 92 valence electrons. The van der Waals surface area contributed by atoms with Crippen molar-refractivity contribution in [3.05, 3.63) is 59.4 Å². The maximum Gasteiger partial charge on any atom is 0.153 e. The number of aliphatic hydroxyl groups is 1. The predicted molar refractivity (Wildman–Crippen MR) is 64.2 cm³/mol. The Balaban J connectivity index is 2.36. The van der Waals surface area contributed by atoms with Crippen molar-refractivity contribution in [3.63, 3.8) is 0 Å². The Labute approximate surface area is 103 Å². The summed E-state index contributed by atoms with van der Waals surface area (Å²) < 4.78 is 18.5. The minimum atomic E-state index is -0.500. The molecule has 2 rings (SSSR count). The number of carbonyl (C=O) groups excluding carboxylic acids is 1. The molecule has 0 atom stereocenters. The zero-order valence-corrected chi connectivity index (χ0v) is 9.47. The fourth-order valence-electron chi connectivity index (χ4n) is 1.56. The summed E-state index contributed by atoms with van der Waals surface area (Å²) in [5.41, 5.74) is 0.724. The number of rotatable bonds is 4. The molecule has 0 saturated heterocycles. The minimum Gasteiger partial charge on any atom is -0.456 e. The van der Waals surface area contributed by atoms with Crippen molar-refractivity contribution in [2.75, 3.05) is 0 Å². The number of carbonyl (C=O) groups is 1. The van der Waals surface area contributed by atoms with Crippen molar-refractivity contribution in [2.24, 2.45) is 0 Å². The van der Waals surface area contributed by atoms with Crippen LogP contribution in [0.25, 0.3) is 0 Å². The van der Waals surface area contributed by atoms with Gasteiger partial charge in [-0.15, -0.1) is 0 Å². The van der Waals surface area contributed by atoms with Crippen molar-refractivity contribution in [3.8, 4) is 11.5 Å². The summed E-state index contributed by atoms with van der Waals surface area (Å²) in [5, 5.41) is 9.16. The Bertz CT molecular complexity index is 567. The molecule has 1 N–H and O–H groups in total. The normalized spacial score (nSPS) is 10.1. The van der Waals surface area contributed by atoms with Crippen LogP contribution in [0.15, 0.2) is 42.5 Å². The largest absolute Gasteiger partial charge is 0.456 e. The fourth-order valence-corrected chi connectivity index (χ4v) is 1.56. The topological polar surface area (TPSA) is 46.5 Å². The molecule has 0 fully saturated rings. The van der Waals surface area contributed by atoms with Gasteiger partial charge in [-0.2, -0.15) is 0 Å². The van der Waals surface area contributed by atoms with Gasteiger partial charge in [0.1, 0.15) is 17.3 Å². The molecule has 0 bridgehead atoms. The highest BCUT2D eigenvalue weighted by Crippen LogP contribution is 2.27. The van der Waals surface area contributed by atoms with Gasteiger partial charge in [-0.25, -0.2) is 4.39 Å². The molecular weight excluding hydrogens is 235 g/mol. The van der Waals surface area contributed by atoms with Gasteiger partial charge < -0.3 is 9.84 Å². The summed E-state index contributed by atoms with van der Waals surface area (Å²) in [4.78, 5) is 10.8. The Morgan fingerprint density at radius 2 is 1.94 bits per heavy atom. The van der Waals surface area contributed by atoms with Crippen molar-refractivity contribution >= 4 is 6.29 Å². The molecule has 0 aliphatic heterocycles. The average Bonchev–Trinajstić information content (AvgIpc) is 2.41. The Kier molecular flexibility index (Phi) is 3.69. The monoisotopic (exact) mass is 246 g/mol. The van der Waals surface area contributed by atoms with Crippen LogP contribution in [0.4, 0.5) is 4.39 Å². The Morgan fingerprint density at radius 1 is 1.17 bits per heavy atom. The highest BCUT2D eigenvalue weighted by atomic mass is 19.1. The van der Waals surface area contributed by atoms with Gasteiger partial charge in [0.25, 0.3) is 0 Å². The zero-order chi connectivity index (χ0) is 13.0. The first-order valence-corrected chi connectivity index (χ1v) is 5.36. The van der Waals surface area contributed by atoms with Crippen LogP contribution < -0.4 is 4.74 Å². The first-order chi connectivity index (χ1) is 8.74. The summed E-state index contributed by atoms with van der Waals surface area (Å²) >= 11 is 0. The van der Waals surface area contributed by atoms with Crippen LogP contribution in [-0.4, -0.2) is 11.4 Å². The number of aldehydes is 1. The highest BCUT2D eigenvalue weighted by Gasteiger charge is 2.08. The van der Waals surface area contributed by atoms with E-state index in [0.29, 0.717) is 17.6 Å². The molecule has 0 aliphatic rings. The van der Waals surface area contributed by atoms with Gasteiger partial charge in [0.2, 0.25) is 0 Å². The fraction of sp³-hybridized carbons (Fsp3) is 0.0714. The van der Waals surface area contributed by atoms with E-state index in [2.05, 4.69) is 0 Å². The molecule has 2 aromatic rings. The first kappa shape index (κ1) is 12.3. The molecule has 18 heavy (non-hydrogen) atoms. The van der Waals surface area contributed by atoms with Crippen molar-refractivity contribution in [2.45, 2.75) is 6.61 Å². The third-order valence-corrected chi connectivity index (χ3v) is 2.46. The van der Waals surface area contributed by atoms with Gasteiger partial charge in [-0.3, -0.25) is 4.79 Å². The van der Waals surface area contributed by atoms with Crippen LogP contribution in [0, 0.1) is 5.82 Å². The second-order valence-corrected chi connectivity index (χ2v) is 3.67. The van der Waals surface area contributed by atoms with E-state index in [4.69, 9.17) is 9.84 Å². The number of ether oxygens (including phenoxy) is 1. The summed E-state index contributed by atoms with van der Waals surface area (Å²) in [5.74, 6) is 0.196. The average molecular weight is 246 g/mol. The van der Waals surface area contributed by atoms with Crippen LogP contribution in [0.3, 0.4) is 0 Å². The molecule has 0 saturated carbocycles. The third kappa shape index (κ3) is 2.55. The van der Waals surface area contributed by atoms with E-state index in [1.807, 2.05) is 0 Å². The predicted octanol–water partition coefficient (Wildman–Crippen LogP) is 2.92. The standard InChI is InChI=1S/C14H11FO3/c15-12-5-6-14(11(7-12)9-17)18-13-4-2-1-3-10(13)8-16/h1-7,9,16H,8H2. The van der Waals surface area contributed by atoms with Crippen molar-refractivity contribution in [1.29, 1.82) is 0 Å². The van der Waals surface area contributed by atoms with E-state index in [9.17, 15) is 9.18 Å². The van der Waals surface area contributed by atoms with Crippen LogP contribution >= 0.6 is 0 Å². The van der Waals surface area contributed by atoms with Crippen LogP contribution in [0.2, 0.25) is 0 Å². The van der Waals surface area contributed by atoms with Gasteiger partial charge in [-0.05, 0) is 24.3 Å². The lowest BCUT2D eigenvalue weighted by molar-refractivity contribution is 0.112. The molecule has 2 aromatic carbocycles. The lowest BCUT2D eigenvalue weighted by Gasteiger charge is -2.11. The second kappa shape index (κ2) is 5.42. The minimum absolute atomic E-state index is 0.128. The summed E-state index contributed by atoms with van der Waals surface area (Å²) in [6.07, 6.45) is 0.528. The van der Waals surface area contributed by atoms with E-state index < -0.39 is 5.82 Å². The Hall–Kier alpha value is -2.20. The molecule has 0 radical (unpaired) electrons. The van der Waals surface area contributed by atoms with Crippen LogP contribution in [0.5, 0.6) is 11.5 Å².